The van der Waals surface area contributed by atoms with Gasteiger partial charge in [0.05, 0.1) is 6.04 Å². The molecule has 0 saturated carbocycles. The Hall–Kier alpha value is -2.79. The van der Waals surface area contributed by atoms with Crippen LogP contribution in [0.5, 0.6) is 5.75 Å². The van der Waals surface area contributed by atoms with Crippen molar-refractivity contribution >= 4 is 17.5 Å². The normalized spacial score (nSPS) is 11.9. The topological polar surface area (TPSA) is 56.2 Å². The molecular weight excluding hydrogens is 374 g/mol. The van der Waals surface area contributed by atoms with Crippen LogP contribution in [0.4, 0.5) is 0 Å². The third-order valence-corrected chi connectivity index (χ3v) is 5.16. The largest absolute Gasteiger partial charge is 0.471 e. The van der Waals surface area contributed by atoms with Gasteiger partial charge in [-0.05, 0) is 55.2 Å². The lowest BCUT2D eigenvalue weighted by molar-refractivity contribution is 0.0928. The van der Waals surface area contributed by atoms with Gasteiger partial charge in [0.15, 0.2) is 6.73 Å². The molecule has 0 spiro atoms. The van der Waals surface area contributed by atoms with E-state index in [1.807, 2.05) is 63.2 Å². The van der Waals surface area contributed by atoms with Crippen LogP contribution < -0.4 is 10.1 Å². The molecule has 1 N–H and O–H groups in total. The lowest BCUT2D eigenvalue weighted by Crippen LogP contribution is -2.28. The fourth-order valence-corrected chi connectivity index (χ4v) is 3.13. The van der Waals surface area contributed by atoms with Crippen LogP contribution in [0.1, 0.15) is 46.6 Å². The molecular formula is C22H24ClN3O2. The van der Waals surface area contributed by atoms with Gasteiger partial charge in [-0.25, -0.2) is 4.68 Å². The van der Waals surface area contributed by atoms with E-state index in [-0.39, 0.29) is 18.7 Å². The maximum absolute atomic E-state index is 12.6. The van der Waals surface area contributed by atoms with Crippen LogP contribution in [0.2, 0.25) is 5.02 Å². The number of nitrogens with one attached hydrogen (secondary N) is 1. The molecule has 0 bridgehead atoms. The average Bonchev–Trinajstić information content (AvgIpc) is 3.18. The van der Waals surface area contributed by atoms with Crippen molar-refractivity contribution < 1.29 is 9.53 Å². The van der Waals surface area contributed by atoms with Crippen LogP contribution in [-0.2, 0) is 6.73 Å². The Balaban J connectivity index is 1.62. The molecule has 146 valence electrons. The molecule has 0 aliphatic rings. The predicted octanol–water partition coefficient (Wildman–Crippen LogP) is 5.07. The first-order valence-electron chi connectivity index (χ1n) is 9.26. The van der Waals surface area contributed by atoms with Gasteiger partial charge in [0.1, 0.15) is 11.4 Å². The number of carbonyl (C=O) groups is 1. The molecule has 3 rings (SSSR count). The zero-order valence-corrected chi connectivity index (χ0v) is 17.0. The van der Waals surface area contributed by atoms with Gasteiger partial charge < -0.3 is 10.1 Å². The second-order valence-corrected chi connectivity index (χ2v) is 7.11. The molecule has 6 heteroatoms. The zero-order valence-electron chi connectivity index (χ0n) is 16.3. The average molecular weight is 398 g/mol. The van der Waals surface area contributed by atoms with Crippen LogP contribution in [0.15, 0.2) is 54.7 Å². The van der Waals surface area contributed by atoms with Crippen molar-refractivity contribution in [3.8, 4) is 5.75 Å². The summed E-state index contributed by atoms with van der Waals surface area (Å²) in [7, 11) is 0. The van der Waals surface area contributed by atoms with Gasteiger partial charge in [-0.1, -0.05) is 48.9 Å². The molecule has 1 atom stereocenters. The van der Waals surface area contributed by atoms with Crippen LogP contribution in [0, 0.1) is 13.8 Å². The van der Waals surface area contributed by atoms with E-state index in [0.717, 1.165) is 33.9 Å². The number of amides is 1. The first kappa shape index (κ1) is 20.0. The van der Waals surface area contributed by atoms with E-state index >= 15 is 0 Å². The van der Waals surface area contributed by atoms with Crippen molar-refractivity contribution in [1.29, 1.82) is 0 Å². The minimum absolute atomic E-state index is 0.0462. The van der Waals surface area contributed by atoms with Gasteiger partial charge in [0.25, 0.3) is 5.91 Å². The summed E-state index contributed by atoms with van der Waals surface area (Å²) < 4.78 is 7.38. The number of carbonyl (C=O) groups excluding carboxylic acids is 1. The van der Waals surface area contributed by atoms with Crippen LogP contribution in [-0.4, -0.2) is 15.7 Å². The third-order valence-electron chi connectivity index (χ3n) is 4.56. The van der Waals surface area contributed by atoms with Crippen molar-refractivity contribution in [1.82, 2.24) is 15.1 Å². The van der Waals surface area contributed by atoms with Crippen molar-refractivity contribution in [3.63, 3.8) is 0 Å². The summed E-state index contributed by atoms with van der Waals surface area (Å²) in [6.07, 6.45) is 2.53. The second kappa shape index (κ2) is 8.93. The Morgan fingerprint density at radius 1 is 1.18 bits per heavy atom. The van der Waals surface area contributed by atoms with E-state index in [1.54, 1.807) is 16.9 Å². The molecule has 28 heavy (non-hydrogen) atoms. The number of rotatable bonds is 7. The van der Waals surface area contributed by atoms with Crippen molar-refractivity contribution in [2.24, 2.45) is 0 Å². The van der Waals surface area contributed by atoms with Gasteiger partial charge in [-0.2, -0.15) is 5.10 Å². The van der Waals surface area contributed by atoms with E-state index < -0.39 is 0 Å². The van der Waals surface area contributed by atoms with Gasteiger partial charge in [0, 0.05) is 11.2 Å². The molecule has 1 aromatic heterocycles. The molecule has 0 radical (unpaired) electrons. The van der Waals surface area contributed by atoms with Crippen LogP contribution in [0.3, 0.4) is 0 Å². The van der Waals surface area contributed by atoms with E-state index in [9.17, 15) is 4.79 Å². The van der Waals surface area contributed by atoms with Crippen molar-refractivity contribution in [3.05, 3.63) is 82.1 Å². The fraction of sp³-hybridized carbons (Fsp3) is 0.273. The standard InChI is InChI=1S/C22H24ClN3O2/c1-4-19(17-8-6-5-7-9-17)24-22(27)20-10-11-26(25-20)14-28-18-12-15(2)21(23)16(3)13-18/h5-13,19H,4,14H2,1-3H3,(H,24,27). The number of nitrogens with zero attached hydrogens (tertiary/aromatic N) is 2. The molecule has 5 nitrogen and oxygen atoms in total. The zero-order chi connectivity index (χ0) is 20.1. The van der Waals surface area contributed by atoms with Crippen LogP contribution in [0.25, 0.3) is 0 Å². The number of aromatic nitrogens is 2. The van der Waals surface area contributed by atoms with Gasteiger partial charge in [0.2, 0.25) is 0 Å². The molecule has 0 saturated heterocycles. The summed E-state index contributed by atoms with van der Waals surface area (Å²) in [6.45, 7) is 6.13. The SMILES string of the molecule is CCC(NC(=O)c1ccn(COc2cc(C)c(Cl)c(C)c2)n1)c1ccccc1. The van der Waals surface area contributed by atoms with E-state index in [0.29, 0.717) is 5.69 Å². The second-order valence-electron chi connectivity index (χ2n) is 6.73. The summed E-state index contributed by atoms with van der Waals surface area (Å²) in [5, 5.41) is 8.10. The predicted molar refractivity (Wildman–Crippen MR) is 111 cm³/mol. The fourth-order valence-electron chi connectivity index (χ4n) is 3.02. The monoisotopic (exact) mass is 397 g/mol. The molecule has 0 fully saturated rings. The van der Waals surface area contributed by atoms with Crippen molar-refractivity contribution in [2.75, 3.05) is 0 Å². The number of hydrogen-bond acceptors (Lipinski definition) is 3. The Kier molecular flexibility index (Phi) is 6.37. The minimum atomic E-state index is -0.201. The Morgan fingerprint density at radius 2 is 1.86 bits per heavy atom. The highest BCUT2D eigenvalue weighted by Gasteiger charge is 2.16. The highest BCUT2D eigenvalue weighted by atomic mass is 35.5. The first-order valence-corrected chi connectivity index (χ1v) is 9.64. The molecule has 1 amide bonds. The first-order chi connectivity index (χ1) is 13.5. The Labute approximate surface area is 170 Å². The van der Waals surface area contributed by atoms with Gasteiger partial charge >= 0.3 is 0 Å². The number of aryl methyl sites for hydroxylation is 2. The summed E-state index contributed by atoms with van der Waals surface area (Å²) in [6, 6.07) is 15.3. The summed E-state index contributed by atoms with van der Waals surface area (Å²) in [5.41, 5.74) is 3.36. The van der Waals surface area contributed by atoms with E-state index in [1.165, 1.54) is 0 Å². The highest BCUT2D eigenvalue weighted by Crippen LogP contribution is 2.26. The molecule has 1 unspecified atom stereocenters. The maximum atomic E-state index is 12.6. The Morgan fingerprint density at radius 3 is 2.50 bits per heavy atom. The van der Waals surface area contributed by atoms with E-state index in [2.05, 4.69) is 10.4 Å². The number of ether oxygens (including phenoxy) is 1. The summed E-state index contributed by atoms with van der Waals surface area (Å²) >= 11 is 6.19. The lowest BCUT2D eigenvalue weighted by Gasteiger charge is -2.16. The summed E-state index contributed by atoms with van der Waals surface area (Å²) in [4.78, 5) is 12.6. The molecule has 1 heterocycles. The summed E-state index contributed by atoms with van der Waals surface area (Å²) in [5.74, 6) is 0.517. The van der Waals surface area contributed by atoms with Crippen molar-refractivity contribution in [2.45, 2.75) is 40.0 Å². The smallest absolute Gasteiger partial charge is 0.272 e. The minimum Gasteiger partial charge on any atom is -0.471 e. The Bertz CT molecular complexity index is 930. The van der Waals surface area contributed by atoms with Crippen LogP contribution >= 0.6 is 11.6 Å². The molecule has 0 aliphatic carbocycles. The molecule has 2 aromatic carbocycles. The lowest BCUT2D eigenvalue weighted by atomic mass is 10.0. The van der Waals surface area contributed by atoms with Gasteiger partial charge in [-0.3, -0.25) is 4.79 Å². The number of benzene rings is 2. The number of hydrogen-bond donors (Lipinski definition) is 1. The molecule has 3 aromatic rings. The van der Waals surface area contributed by atoms with E-state index in [4.69, 9.17) is 16.3 Å². The maximum Gasteiger partial charge on any atom is 0.272 e. The highest BCUT2D eigenvalue weighted by molar-refractivity contribution is 6.32. The quantitative estimate of drug-likeness (QED) is 0.605. The molecule has 0 aliphatic heterocycles. The third kappa shape index (κ3) is 4.73. The van der Waals surface area contributed by atoms with Gasteiger partial charge in [-0.15, -0.1) is 0 Å². The number of halogens is 1.